The van der Waals surface area contributed by atoms with Crippen LogP contribution in [-0.4, -0.2) is 17.6 Å². The summed E-state index contributed by atoms with van der Waals surface area (Å²) in [5.41, 5.74) is 0.660. The molecule has 0 unspecified atom stereocenters. The predicted octanol–water partition coefficient (Wildman–Crippen LogP) is 4.00. The fourth-order valence-corrected chi connectivity index (χ4v) is 3.49. The van der Waals surface area contributed by atoms with Gasteiger partial charge in [0.05, 0.1) is 18.2 Å². The highest BCUT2D eigenvalue weighted by molar-refractivity contribution is 7.99. The molecule has 3 heteroatoms. The molecule has 2 nitrogen and oxygen atoms in total. The van der Waals surface area contributed by atoms with E-state index in [1.165, 1.54) is 31.4 Å². The number of nitrogens with zero attached hydrogens (tertiary/aromatic N) is 1. The van der Waals surface area contributed by atoms with Gasteiger partial charge in [0.25, 0.3) is 0 Å². The summed E-state index contributed by atoms with van der Waals surface area (Å²) in [6.07, 6.45) is 6.70. The molecule has 0 atom stereocenters. The Morgan fingerprint density at radius 3 is 2.94 bits per heavy atom. The van der Waals surface area contributed by atoms with E-state index in [-0.39, 0.29) is 0 Å². The molecule has 0 heterocycles. The van der Waals surface area contributed by atoms with E-state index < -0.39 is 0 Å². The molecule has 0 radical (unpaired) electrons. The monoisotopic (exact) mass is 261 g/mol. The fraction of sp³-hybridized carbons (Fsp3) is 0.533. The summed E-state index contributed by atoms with van der Waals surface area (Å²) >= 11 is 2.09. The second-order valence-electron chi connectivity index (χ2n) is 4.62. The molecule has 1 saturated carbocycles. The molecule has 0 spiro atoms. The van der Waals surface area contributed by atoms with Crippen LogP contribution in [0.25, 0.3) is 0 Å². The molecule has 0 saturated heterocycles. The Morgan fingerprint density at radius 1 is 1.33 bits per heavy atom. The van der Waals surface area contributed by atoms with Crippen molar-refractivity contribution in [2.45, 2.75) is 37.4 Å². The van der Waals surface area contributed by atoms with Gasteiger partial charge in [-0.05, 0) is 43.2 Å². The number of ether oxygens (including phenoxy) is 1. The van der Waals surface area contributed by atoms with Crippen LogP contribution in [-0.2, 0) is 0 Å². The van der Waals surface area contributed by atoms with Crippen molar-refractivity contribution in [1.29, 1.82) is 5.26 Å². The minimum absolute atomic E-state index is 0.660. The van der Waals surface area contributed by atoms with Crippen LogP contribution in [0.1, 0.15) is 37.7 Å². The molecule has 0 aliphatic heterocycles. The van der Waals surface area contributed by atoms with Crippen molar-refractivity contribution in [3.8, 4) is 11.8 Å². The number of hydrogen-bond donors (Lipinski definition) is 0. The zero-order chi connectivity index (χ0) is 12.6. The number of benzene rings is 1. The van der Waals surface area contributed by atoms with Crippen LogP contribution < -0.4 is 4.74 Å². The standard InChI is InChI=1S/C15H19NOS/c16-12-13-5-3-6-14(11-13)17-9-4-10-18-15-7-1-2-8-15/h3,5-6,11,15H,1-2,4,7-10H2. The third-order valence-corrected chi connectivity index (χ3v) is 4.64. The van der Waals surface area contributed by atoms with Crippen LogP contribution in [0.15, 0.2) is 24.3 Å². The number of thioether (sulfide) groups is 1. The fourth-order valence-electron chi connectivity index (χ4n) is 2.21. The molecule has 0 aromatic heterocycles. The van der Waals surface area contributed by atoms with Gasteiger partial charge in [-0.15, -0.1) is 0 Å². The smallest absolute Gasteiger partial charge is 0.120 e. The zero-order valence-electron chi connectivity index (χ0n) is 10.6. The first-order chi connectivity index (χ1) is 8.88. The normalized spacial score (nSPS) is 15.5. The van der Waals surface area contributed by atoms with Crippen LogP contribution in [0.4, 0.5) is 0 Å². The van der Waals surface area contributed by atoms with Crippen LogP contribution in [0.5, 0.6) is 5.75 Å². The van der Waals surface area contributed by atoms with E-state index in [4.69, 9.17) is 10.00 Å². The van der Waals surface area contributed by atoms with Gasteiger partial charge in [-0.3, -0.25) is 0 Å². The molecule has 1 aliphatic rings. The van der Waals surface area contributed by atoms with Gasteiger partial charge in [-0.25, -0.2) is 0 Å². The summed E-state index contributed by atoms with van der Waals surface area (Å²) in [6, 6.07) is 9.48. The van der Waals surface area contributed by atoms with Crippen LogP contribution in [0.3, 0.4) is 0 Å². The van der Waals surface area contributed by atoms with Crippen molar-refractivity contribution in [2.75, 3.05) is 12.4 Å². The lowest BCUT2D eigenvalue weighted by Crippen LogP contribution is -2.02. The first kappa shape index (κ1) is 13.3. The van der Waals surface area contributed by atoms with E-state index in [0.29, 0.717) is 5.56 Å². The number of hydrogen-bond acceptors (Lipinski definition) is 3. The SMILES string of the molecule is N#Cc1cccc(OCCCSC2CCCC2)c1. The summed E-state index contributed by atoms with van der Waals surface area (Å²) in [4.78, 5) is 0. The largest absolute Gasteiger partial charge is 0.494 e. The lowest BCUT2D eigenvalue weighted by atomic mass is 10.2. The molecule has 1 aromatic rings. The molecule has 96 valence electrons. The summed E-state index contributed by atoms with van der Waals surface area (Å²) < 4.78 is 5.65. The van der Waals surface area contributed by atoms with Gasteiger partial charge in [0, 0.05) is 5.25 Å². The van der Waals surface area contributed by atoms with Crippen molar-refractivity contribution in [2.24, 2.45) is 0 Å². The summed E-state index contributed by atoms with van der Waals surface area (Å²) in [5.74, 6) is 1.99. The van der Waals surface area contributed by atoms with Gasteiger partial charge in [-0.2, -0.15) is 17.0 Å². The van der Waals surface area contributed by atoms with Crippen molar-refractivity contribution in [3.05, 3.63) is 29.8 Å². The van der Waals surface area contributed by atoms with Gasteiger partial charge in [0.2, 0.25) is 0 Å². The molecule has 0 N–H and O–H groups in total. The first-order valence-electron chi connectivity index (χ1n) is 6.63. The second-order valence-corrected chi connectivity index (χ2v) is 6.03. The van der Waals surface area contributed by atoms with Crippen LogP contribution >= 0.6 is 11.8 Å². The number of rotatable bonds is 6. The summed E-state index contributed by atoms with van der Waals surface area (Å²) in [6.45, 7) is 0.745. The van der Waals surface area contributed by atoms with Gasteiger partial charge in [0.1, 0.15) is 5.75 Å². The Labute approximate surface area is 113 Å². The van der Waals surface area contributed by atoms with E-state index in [1.807, 2.05) is 12.1 Å². The molecule has 18 heavy (non-hydrogen) atoms. The minimum atomic E-state index is 0.660. The molecular formula is C15H19NOS. The van der Waals surface area contributed by atoms with Crippen LogP contribution in [0.2, 0.25) is 0 Å². The summed E-state index contributed by atoms with van der Waals surface area (Å²) in [5, 5.41) is 9.68. The Balaban J connectivity index is 1.61. The third-order valence-electron chi connectivity index (χ3n) is 3.18. The highest BCUT2D eigenvalue weighted by Crippen LogP contribution is 2.29. The van der Waals surface area contributed by atoms with E-state index in [9.17, 15) is 0 Å². The van der Waals surface area contributed by atoms with E-state index in [1.54, 1.807) is 12.1 Å². The quantitative estimate of drug-likeness (QED) is 0.726. The molecule has 1 fully saturated rings. The molecule has 1 aromatic carbocycles. The molecule has 1 aliphatic carbocycles. The van der Waals surface area contributed by atoms with Crippen molar-refractivity contribution < 1.29 is 4.74 Å². The molecular weight excluding hydrogens is 242 g/mol. The van der Waals surface area contributed by atoms with E-state index in [2.05, 4.69) is 17.8 Å². The highest BCUT2D eigenvalue weighted by atomic mass is 32.2. The second kappa shape index (κ2) is 7.33. The Kier molecular flexibility index (Phi) is 5.41. The van der Waals surface area contributed by atoms with Crippen molar-refractivity contribution >= 4 is 11.8 Å². The lowest BCUT2D eigenvalue weighted by Gasteiger charge is -2.09. The van der Waals surface area contributed by atoms with Crippen LogP contribution in [0, 0.1) is 11.3 Å². The maximum atomic E-state index is 8.78. The molecule has 2 rings (SSSR count). The average Bonchev–Trinajstić information content (AvgIpc) is 2.92. The third kappa shape index (κ3) is 4.27. The predicted molar refractivity (Wildman–Crippen MR) is 76.0 cm³/mol. The van der Waals surface area contributed by atoms with Gasteiger partial charge in [-0.1, -0.05) is 18.9 Å². The lowest BCUT2D eigenvalue weighted by molar-refractivity contribution is 0.318. The topological polar surface area (TPSA) is 33.0 Å². The Morgan fingerprint density at radius 2 is 2.17 bits per heavy atom. The average molecular weight is 261 g/mol. The number of nitriles is 1. The maximum Gasteiger partial charge on any atom is 0.120 e. The van der Waals surface area contributed by atoms with Crippen molar-refractivity contribution in [1.82, 2.24) is 0 Å². The van der Waals surface area contributed by atoms with Crippen molar-refractivity contribution in [3.63, 3.8) is 0 Å². The van der Waals surface area contributed by atoms with Gasteiger partial charge < -0.3 is 4.74 Å². The van der Waals surface area contributed by atoms with E-state index >= 15 is 0 Å². The molecule has 0 bridgehead atoms. The van der Waals surface area contributed by atoms with Gasteiger partial charge >= 0.3 is 0 Å². The minimum Gasteiger partial charge on any atom is -0.494 e. The van der Waals surface area contributed by atoms with Gasteiger partial charge in [0.15, 0.2) is 0 Å². The summed E-state index contributed by atoms with van der Waals surface area (Å²) in [7, 11) is 0. The zero-order valence-corrected chi connectivity index (χ0v) is 11.4. The maximum absolute atomic E-state index is 8.78. The van der Waals surface area contributed by atoms with E-state index in [0.717, 1.165) is 24.0 Å². The first-order valence-corrected chi connectivity index (χ1v) is 7.68. The Bertz CT molecular complexity index is 407. The Hall–Kier alpha value is -1.14. The highest BCUT2D eigenvalue weighted by Gasteiger charge is 2.14. The molecule has 0 amide bonds.